The molecule has 0 saturated heterocycles. The summed E-state index contributed by atoms with van der Waals surface area (Å²) in [5, 5.41) is 4.52. The van der Waals surface area contributed by atoms with E-state index >= 15 is 0 Å². The summed E-state index contributed by atoms with van der Waals surface area (Å²) in [5.74, 6) is -2.05. The largest absolute Gasteiger partial charge is 0.334 e. The smallest absolute Gasteiger partial charge is 0.321 e. The summed E-state index contributed by atoms with van der Waals surface area (Å²) in [7, 11) is -3.98. The van der Waals surface area contributed by atoms with Crippen LogP contribution in [0.3, 0.4) is 0 Å². The molecule has 9 heteroatoms. The molecule has 27 heavy (non-hydrogen) atoms. The number of nitrogens with zero attached hydrogens (tertiary/aromatic N) is 1. The van der Waals surface area contributed by atoms with E-state index in [1.165, 1.54) is 6.07 Å². The monoisotopic (exact) mass is 387 g/mol. The Balaban J connectivity index is 1.61. The van der Waals surface area contributed by atoms with Crippen molar-refractivity contribution in [2.75, 3.05) is 6.54 Å². The van der Waals surface area contributed by atoms with Gasteiger partial charge in [0.05, 0.1) is 5.75 Å². The second kappa shape index (κ2) is 7.58. The van der Waals surface area contributed by atoms with Gasteiger partial charge in [0.1, 0.15) is 6.54 Å². The van der Waals surface area contributed by atoms with Gasteiger partial charge in [0, 0.05) is 12.1 Å². The fourth-order valence-corrected chi connectivity index (χ4v) is 4.14. The third kappa shape index (κ3) is 4.32. The Labute approximate surface area is 156 Å². The van der Waals surface area contributed by atoms with Crippen molar-refractivity contribution in [2.45, 2.75) is 12.3 Å². The first-order valence-corrected chi connectivity index (χ1v) is 9.72. The van der Waals surface area contributed by atoms with E-state index in [9.17, 15) is 22.8 Å². The highest BCUT2D eigenvalue weighted by Gasteiger charge is 2.37. The summed E-state index contributed by atoms with van der Waals surface area (Å²) in [6, 6.07) is 14.6. The van der Waals surface area contributed by atoms with Crippen molar-refractivity contribution in [3.8, 4) is 0 Å². The van der Waals surface area contributed by atoms with Gasteiger partial charge in [0.2, 0.25) is 15.9 Å². The minimum Gasteiger partial charge on any atom is -0.334 e. The average Bonchev–Trinajstić information content (AvgIpc) is 2.64. The van der Waals surface area contributed by atoms with Crippen LogP contribution in [0.25, 0.3) is 0 Å². The molecule has 4 amide bonds. The van der Waals surface area contributed by atoms with Crippen molar-refractivity contribution < 1.29 is 22.8 Å². The van der Waals surface area contributed by atoms with Crippen LogP contribution in [0.15, 0.2) is 54.6 Å². The molecule has 2 aromatic carbocycles. The van der Waals surface area contributed by atoms with Crippen molar-refractivity contribution in [2.24, 2.45) is 0 Å². The number of imide groups is 1. The molecule has 0 spiro atoms. The molecule has 0 bridgehead atoms. The molecule has 140 valence electrons. The molecule has 2 aromatic rings. The van der Waals surface area contributed by atoms with Gasteiger partial charge in [-0.2, -0.15) is 0 Å². The number of hydrogen-bond acceptors (Lipinski definition) is 5. The van der Waals surface area contributed by atoms with Crippen molar-refractivity contribution in [3.05, 3.63) is 71.3 Å². The fraction of sp³-hybridized carbons (Fsp3) is 0.167. The summed E-state index contributed by atoms with van der Waals surface area (Å²) in [4.78, 5) is 36.3. The zero-order valence-electron chi connectivity index (χ0n) is 14.2. The number of amides is 4. The van der Waals surface area contributed by atoms with E-state index in [0.717, 1.165) is 5.56 Å². The van der Waals surface area contributed by atoms with E-state index < -0.39 is 34.4 Å². The van der Waals surface area contributed by atoms with Crippen LogP contribution in [0.5, 0.6) is 0 Å². The predicted molar refractivity (Wildman–Crippen MR) is 96.9 cm³/mol. The SMILES string of the molecule is O=C(CN1C(=O)c2ccccc2CS1(=O)=O)NC(=O)NCc1ccccc1. The third-order valence-electron chi connectivity index (χ3n) is 3.98. The molecular weight excluding hydrogens is 370 g/mol. The zero-order chi connectivity index (χ0) is 19.4. The lowest BCUT2D eigenvalue weighted by molar-refractivity contribution is -0.120. The van der Waals surface area contributed by atoms with Crippen LogP contribution in [0.4, 0.5) is 4.79 Å². The highest BCUT2D eigenvalue weighted by Crippen LogP contribution is 2.24. The summed E-state index contributed by atoms with van der Waals surface area (Å²) in [6.45, 7) is -0.553. The summed E-state index contributed by atoms with van der Waals surface area (Å²) < 4.78 is 25.1. The standard InChI is InChI=1S/C18H17N3O5S/c22-16(20-18(24)19-10-13-6-2-1-3-7-13)11-21-17(23)15-9-5-4-8-14(15)12-27(21,25)26/h1-9H,10-12H2,(H2,19,20,22,24). The minimum absolute atomic E-state index is 0.203. The van der Waals surface area contributed by atoms with Crippen molar-refractivity contribution in [3.63, 3.8) is 0 Å². The predicted octanol–water partition coefficient (Wildman–Crippen LogP) is 0.998. The van der Waals surface area contributed by atoms with Crippen LogP contribution < -0.4 is 10.6 Å². The normalized spacial score (nSPS) is 15.0. The molecule has 3 rings (SSSR count). The Morgan fingerprint density at radius 1 is 1.00 bits per heavy atom. The maximum absolute atomic E-state index is 12.4. The number of benzene rings is 2. The van der Waals surface area contributed by atoms with Crippen LogP contribution in [0.1, 0.15) is 21.5 Å². The summed E-state index contributed by atoms with van der Waals surface area (Å²) in [5.41, 5.74) is 1.46. The highest BCUT2D eigenvalue weighted by atomic mass is 32.2. The maximum atomic E-state index is 12.4. The number of fused-ring (bicyclic) bond motifs is 1. The molecular formula is C18H17N3O5S. The lowest BCUT2D eigenvalue weighted by Gasteiger charge is -2.27. The lowest BCUT2D eigenvalue weighted by Crippen LogP contribution is -2.49. The number of carbonyl (C=O) groups excluding carboxylic acids is 3. The molecule has 1 aliphatic heterocycles. The number of sulfonamides is 1. The van der Waals surface area contributed by atoms with Gasteiger partial charge >= 0.3 is 6.03 Å². The molecule has 1 aliphatic rings. The quantitative estimate of drug-likeness (QED) is 0.813. The Morgan fingerprint density at radius 3 is 2.41 bits per heavy atom. The number of rotatable bonds is 4. The minimum atomic E-state index is -3.98. The molecule has 0 fully saturated rings. The molecule has 0 aromatic heterocycles. The second-order valence-electron chi connectivity index (χ2n) is 5.94. The number of nitrogens with one attached hydrogen (secondary N) is 2. The molecule has 0 aliphatic carbocycles. The van der Waals surface area contributed by atoms with Crippen LogP contribution in [-0.4, -0.2) is 37.1 Å². The van der Waals surface area contributed by atoms with Gasteiger partial charge in [0.25, 0.3) is 5.91 Å². The highest BCUT2D eigenvalue weighted by molar-refractivity contribution is 7.89. The molecule has 1 heterocycles. The molecule has 0 atom stereocenters. The van der Waals surface area contributed by atoms with Crippen LogP contribution in [0.2, 0.25) is 0 Å². The van der Waals surface area contributed by atoms with Crippen molar-refractivity contribution in [1.82, 2.24) is 14.9 Å². The Hall–Kier alpha value is -3.20. The van der Waals surface area contributed by atoms with Gasteiger partial charge in [-0.05, 0) is 17.2 Å². The van der Waals surface area contributed by atoms with E-state index in [2.05, 4.69) is 5.32 Å². The van der Waals surface area contributed by atoms with Gasteiger partial charge in [-0.25, -0.2) is 17.5 Å². The van der Waals surface area contributed by atoms with E-state index in [1.54, 1.807) is 30.3 Å². The Bertz CT molecular complexity index is 989. The average molecular weight is 387 g/mol. The third-order valence-corrected chi connectivity index (χ3v) is 5.63. The first-order chi connectivity index (χ1) is 12.9. The summed E-state index contributed by atoms with van der Waals surface area (Å²) >= 11 is 0. The Kier molecular flexibility index (Phi) is 5.22. The van der Waals surface area contributed by atoms with E-state index in [0.29, 0.717) is 9.87 Å². The maximum Gasteiger partial charge on any atom is 0.321 e. The number of hydrogen-bond donors (Lipinski definition) is 2. The van der Waals surface area contributed by atoms with Crippen LogP contribution in [0, 0.1) is 0 Å². The molecule has 0 unspecified atom stereocenters. The van der Waals surface area contributed by atoms with E-state index in [4.69, 9.17) is 0 Å². The van der Waals surface area contributed by atoms with Crippen molar-refractivity contribution in [1.29, 1.82) is 0 Å². The molecule has 0 radical (unpaired) electrons. The van der Waals surface area contributed by atoms with E-state index in [1.807, 2.05) is 23.5 Å². The zero-order valence-corrected chi connectivity index (χ0v) is 15.0. The second-order valence-corrected chi connectivity index (χ2v) is 7.83. The molecule has 0 saturated carbocycles. The van der Waals surface area contributed by atoms with Gasteiger partial charge in [-0.15, -0.1) is 0 Å². The number of carbonyl (C=O) groups is 3. The van der Waals surface area contributed by atoms with Gasteiger partial charge in [-0.1, -0.05) is 48.5 Å². The van der Waals surface area contributed by atoms with Crippen LogP contribution >= 0.6 is 0 Å². The van der Waals surface area contributed by atoms with Gasteiger partial charge < -0.3 is 5.32 Å². The Morgan fingerprint density at radius 2 is 1.67 bits per heavy atom. The molecule has 8 nitrogen and oxygen atoms in total. The van der Waals surface area contributed by atoms with Crippen LogP contribution in [-0.2, 0) is 27.1 Å². The van der Waals surface area contributed by atoms with Gasteiger partial charge in [0.15, 0.2) is 0 Å². The summed E-state index contributed by atoms with van der Waals surface area (Å²) in [6.07, 6.45) is 0. The van der Waals surface area contributed by atoms with Crippen molar-refractivity contribution >= 4 is 27.9 Å². The van der Waals surface area contributed by atoms with Gasteiger partial charge in [-0.3, -0.25) is 14.9 Å². The van der Waals surface area contributed by atoms with E-state index in [-0.39, 0.29) is 17.9 Å². The number of urea groups is 1. The fourth-order valence-electron chi connectivity index (χ4n) is 2.68. The first kappa shape index (κ1) is 18.6. The first-order valence-electron chi connectivity index (χ1n) is 8.11. The molecule has 2 N–H and O–H groups in total. The topological polar surface area (TPSA) is 113 Å². The lowest BCUT2D eigenvalue weighted by atomic mass is 10.1.